The van der Waals surface area contributed by atoms with E-state index in [4.69, 9.17) is 9.40 Å². The lowest BCUT2D eigenvalue weighted by molar-refractivity contribution is 0.669. The first-order chi connectivity index (χ1) is 34.2. The standard InChI is InChI=1S/C66H40N2O/c1-4-17-41(18-5-1)58-39-45(40-59(67-58)42-19-6-2-7-20-42)47-26-16-30-62-63(47)53-38-44(32-36-61(53)69-62)43-31-35-60-52(37-43)50-33-34-57-64(65(50)68(60)46-21-8-3-9-22-46)51-25-12-15-29-56(51)66(57)54-27-13-10-23-48(54)49-24-11-14-28-55(49)66/h1-40H. The summed E-state index contributed by atoms with van der Waals surface area (Å²) in [5, 5.41) is 4.63. The van der Waals surface area contributed by atoms with Crippen LogP contribution in [0.2, 0.25) is 0 Å². The molecule has 10 aromatic carbocycles. The third-order valence-electron chi connectivity index (χ3n) is 15.0. The largest absolute Gasteiger partial charge is 0.456 e. The average molecular weight is 877 g/mol. The molecular weight excluding hydrogens is 837 g/mol. The minimum Gasteiger partial charge on any atom is -0.456 e. The molecule has 69 heavy (non-hydrogen) atoms. The highest BCUT2D eigenvalue weighted by atomic mass is 16.3. The predicted octanol–water partition coefficient (Wildman–Crippen LogP) is 17.1. The number of fused-ring (bicyclic) bond motifs is 17. The molecule has 3 aromatic heterocycles. The monoisotopic (exact) mass is 876 g/mol. The highest BCUT2D eigenvalue weighted by molar-refractivity contribution is 6.18. The van der Waals surface area contributed by atoms with Gasteiger partial charge in [0.25, 0.3) is 0 Å². The van der Waals surface area contributed by atoms with Gasteiger partial charge in [-0.05, 0) is 116 Å². The summed E-state index contributed by atoms with van der Waals surface area (Å²) in [6.07, 6.45) is 0. The molecule has 0 atom stereocenters. The zero-order valence-corrected chi connectivity index (χ0v) is 37.4. The van der Waals surface area contributed by atoms with Gasteiger partial charge in [0.15, 0.2) is 0 Å². The number of para-hydroxylation sites is 1. The summed E-state index contributed by atoms with van der Waals surface area (Å²) in [4.78, 5) is 5.19. The molecule has 0 fully saturated rings. The van der Waals surface area contributed by atoms with Gasteiger partial charge in [-0.3, -0.25) is 0 Å². The van der Waals surface area contributed by atoms with Crippen molar-refractivity contribution < 1.29 is 4.42 Å². The van der Waals surface area contributed by atoms with E-state index in [1.165, 1.54) is 66.3 Å². The Labute approximate surface area is 398 Å². The van der Waals surface area contributed by atoms with Crippen molar-refractivity contribution in [3.63, 3.8) is 0 Å². The number of benzene rings is 10. The Morgan fingerprint density at radius 1 is 0.348 bits per heavy atom. The van der Waals surface area contributed by atoms with Crippen molar-refractivity contribution in [2.45, 2.75) is 5.41 Å². The number of nitrogens with zero attached hydrogens (tertiary/aromatic N) is 2. The van der Waals surface area contributed by atoms with Gasteiger partial charge in [-0.15, -0.1) is 0 Å². The van der Waals surface area contributed by atoms with E-state index in [0.29, 0.717) is 0 Å². The quantitative estimate of drug-likeness (QED) is 0.172. The van der Waals surface area contributed by atoms with Gasteiger partial charge in [-0.2, -0.15) is 0 Å². The smallest absolute Gasteiger partial charge is 0.136 e. The van der Waals surface area contributed by atoms with Gasteiger partial charge in [0, 0.05) is 43.9 Å². The van der Waals surface area contributed by atoms with Crippen molar-refractivity contribution in [1.29, 1.82) is 0 Å². The summed E-state index contributed by atoms with van der Waals surface area (Å²) < 4.78 is 9.16. The van der Waals surface area contributed by atoms with E-state index in [-0.39, 0.29) is 0 Å². The van der Waals surface area contributed by atoms with E-state index in [1.54, 1.807) is 0 Å². The molecule has 3 heterocycles. The summed E-state index contributed by atoms with van der Waals surface area (Å²) in [5.74, 6) is 0. The van der Waals surface area contributed by atoms with E-state index >= 15 is 0 Å². The molecule has 0 amide bonds. The van der Waals surface area contributed by atoms with E-state index in [1.807, 2.05) is 0 Å². The molecular formula is C66H40N2O. The molecule has 1 spiro atoms. The van der Waals surface area contributed by atoms with Crippen LogP contribution in [0.15, 0.2) is 247 Å². The number of furan rings is 1. The maximum absolute atomic E-state index is 6.65. The fourth-order valence-electron chi connectivity index (χ4n) is 12.2. The van der Waals surface area contributed by atoms with Crippen LogP contribution in [0.25, 0.3) is 116 Å². The summed E-state index contributed by atoms with van der Waals surface area (Å²) >= 11 is 0. The molecule has 13 aromatic rings. The van der Waals surface area contributed by atoms with Crippen LogP contribution in [0, 0.1) is 0 Å². The highest BCUT2D eigenvalue weighted by Gasteiger charge is 2.52. The van der Waals surface area contributed by atoms with Gasteiger partial charge in [0.1, 0.15) is 11.2 Å². The van der Waals surface area contributed by atoms with Crippen LogP contribution < -0.4 is 0 Å². The van der Waals surface area contributed by atoms with Crippen molar-refractivity contribution >= 4 is 43.7 Å². The van der Waals surface area contributed by atoms with E-state index in [9.17, 15) is 0 Å². The molecule has 3 nitrogen and oxygen atoms in total. The molecule has 0 aliphatic heterocycles. The number of hydrogen-bond acceptors (Lipinski definition) is 2. The Hall–Kier alpha value is -9.05. The number of aromatic nitrogens is 2. The lowest BCUT2D eigenvalue weighted by atomic mass is 9.70. The van der Waals surface area contributed by atoms with Crippen LogP contribution in [-0.4, -0.2) is 9.55 Å². The van der Waals surface area contributed by atoms with Crippen LogP contribution in [0.3, 0.4) is 0 Å². The van der Waals surface area contributed by atoms with Gasteiger partial charge in [-0.1, -0.05) is 188 Å². The molecule has 3 heteroatoms. The zero-order valence-electron chi connectivity index (χ0n) is 37.4. The minimum atomic E-state index is -0.430. The van der Waals surface area contributed by atoms with Gasteiger partial charge < -0.3 is 8.98 Å². The van der Waals surface area contributed by atoms with Crippen LogP contribution in [0.1, 0.15) is 22.3 Å². The van der Waals surface area contributed by atoms with Crippen molar-refractivity contribution in [2.24, 2.45) is 0 Å². The van der Waals surface area contributed by atoms with E-state index in [0.717, 1.165) is 72.4 Å². The molecule has 320 valence electrons. The second-order valence-corrected chi connectivity index (χ2v) is 18.5. The van der Waals surface area contributed by atoms with Crippen LogP contribution >= 0.6 is 0 Å². The molecule has 0 radical (unpaired) electrons. The molecule has 2 aliphatic rings. The number of rotatable bonds is 5. The van der Waals surface area contributed by atoms with Crippen molar-refractivity contribution in [1.82, 2.24) is 9.55 Å². The van der Waals surface area contributed by atoms with Gasteiger partial charge >= 0.3 is 0 Å². The normalized spacial score (nSPS) is 13.0. The van der Waals surface area contributed by atoms with Crippen molar-refractivity contribution in [3.8, 4) is 72.7 Å². The molecule has 0 bridgehead atoms. The molecule has 0 N–H and O–H groups in total. The van der Waals surface area contributed by atoms with E-state index in [2.05, 4.69) is 247 Å². The lowest BCUT2D eigenvalue weighted by Gasteiger charge is -2.30. The zero-order chi connectivity index (χ0) is 45.2. The number of pyridine rings is 1. The molecule has 0 saturated heterocycles. The predicted molar refractivity (Wildman–Crippen MR) is 284 cm³/mol. The summed E-state index contributed by atoms with van der Waals surface area (Å²) in [5.41, 5.74) is 24.0. The Kier molecular flexibility index (Phi) is 7.99. The molecule has 15 rings (SSSR count). The Morgan fingerprint density at radius 3 is 1.57 bits per heavy atom. The fraction of sp³-hybridized carbons (Fsp3) is 0.0152. The SMILES string of the molecule is c1ccc(-c2cc(-c3cccc4oc5ccc(-c6ccc7c(c6)c6ccc8c(c6n7-c6ccccc6)-c6ccccc6C86c7ccccc7-c7ccccc76)cc5c34)cc(-c3ccccc3)n2)cc1. The first kappa shape index (κ1) is 38.1. The number of hydrogen-bond donors (Lipinski definition) is 0. The van der Waals surface area contributed by atoms with Gasteiger partial charge in [0.05, 0.1) is 27.8 Å². The molecule has 2 aliphatic carbocycles. The first-order valence-electron chi connectivity index (χ1n) is 23.8. The van der Waals surface area contributed by atoms with Crippen LogP contribution in [-0.2, 0) is 5.41 Å². The Morgan fingerprint density at radius 2 is 0.899 bits per heavy atom. The Balaban J connectivity index is 0.950. The second-order valence-electron chi connectivity index (χ2n) is 18.5. The summed E-state index contributed by atoms with van der Waals surface area (Å²) in [7, 11) is 0. The third-order valence-corrected chi connectivity index (χ3v) is 15.0. The summed E-state index contributed by atoms with van der Waals surface area (Å²) in [6.45, 7) is 0. The van der Waals surface area contributed by atoms with Crippen LogP contribution in [0.4, 0.5) is 0 Å². The second kappa shape index (κ2) is 14.5. The highest BCUT2D eigenvalue weighted by Crippen LogP contribution is 2.64. The van der Waals surface area contributed by atoms with Crippen molar-refractivity contribution in [3.05, 3.63) is 265 Å². The Bertz CT molecular complexity index is 4130. The fourth-order valence-corrected chi connectivity index (χ4v) is 12.2. The summed E-state index contributed by atoms with van der Waals surface area (Å²) in [6, 6.07) is 88.5. The van der Waals surface area contributed by atoms with Gasteiger partial charge in [-0.25, -0.2) is 4.98 Å². The minimum absolute atomic E-state index is 0.430. The van der Waals surface area contributed by atoms with Crippen LogP contribution in [0.5, 0.6) is 0 Å². The molecule has 0 saturated carbocycles. The lowest BCUT2D eigenvalue weighted by Crippen LogP contribution is -2.25. The molecule has 0 unspecified atom stereocenters. The maximum atomic E-state index is 6.65. The van der Waals surface area contributed by atoms with E-state index < -0.39 is 5.41 Å². The van der Waals surface area contributed by atoms with Crippen molar-refractivity contribution in [2.75, 3.05) is 0 Å². The van der Waals surface area contributed by atoms with Gasteiger partial charge in [0.2, 0.25) is 0 Å². The average Bonchev–Trinajstić information content (AvgIpc) is 4.15. The third kappa shape index (κ3) is 5.36. The first-order valence-corrected chi connectivity index (χ1v) is 23.8. The maximum Gasteiger partial charge on any atom is 0.136 e. The topological polar surface area (TPSA) is 31.0 Å².